The predicted octanol–water partition coefficient (Wildman–Crippen LogP) is 0.530. The highest BCUT2D eigenvalue weighted by molar-refractivity contribution is 5.82. The number of β-amino-alcohol motifs (C(OH)–C–C–N with tert-alkyl or cyclic N) is 1. The van der Waals surface area contributed by atoms with Gasteiger partial charge in [-0.05, 0) is 20.8 Å². The first-order valence-corrected chi connectivity index (χ1v) is 5.35. The SMILES string of the molecule is [2H]C1(O)C[C@@H](C(=O)OC)N(C(=O)OC(C)(C)C)C1. The molecule has 1 amide bonds. The van der Waals surface area contributed by atoms with E-state index in [-0.39, 0.29) is 13.0 Å². The number of methoxy groups -OCH3 is 1. The number of carbonyl (C=O) groups excluding carboxylic acids is 2. The normalized spacial score (nSPS) is 29.8. The first-order chi connectivity index (χ1) is 8.06. The quantitative estimate of drug-likeness (QED) is 0.683. The Morgan fingerprint density at radius 2 is 2.06 bits per heavy atom. The zero-order chi connectivity index (χ0) is 14.1. The molecule has 1 unspecified atom stereocenters. The number of ether oxygens (including phenoxy) is 2. The molecule has 1 aliphatic heterocycles. The average Bonchev–Trinajstić information content (AvgIpc) is 2.51. The van der Waals surface area contributed by atoms with Crippen molar-refractivity contribution in [2.75, 3.05) is 13.7 Å². The zero-order valence-corrected chi connectivity index (χ0v) is 10.5. The number of hydrogen-bond acceptors (Lipinski definition) is 5. The fraction of sp³-hybridized carbons (Fsp3) is 0.818. The molecule has 0 aromatic rings. The minimum absolute atomic E-state index is 0.182. The van der Waals surface area contributed by atoms with E-state index in [9.17, 15) is 14.7 Å². The second kappa shape index (κ2) is 4.91. The Morgan fingerprint density at radius 1 is 1.47 bits per heavy atom. The number of amides is 1. The largest absolute Gasteiger partial charge is 0.467 e. The van der Waals surface area contributed by atoms with Crippen LogP contribution in [0.25, 0.3) is 0 Å². The molecule has 0 spiro atoms. The molecule has 1 fully saturated rings. The third-order valence-electron chi connectivity index (χ3n) is 2.26. The molecular formula is C11H19NO5. The maximum atomic E-state index is 11.9. The Hall–Kier alpha value is -1.30. The summed E-state index contributed by atoms with van der Waals surface area (Å²) in [6.07, 6.45) is -2.77. The monoisotopic (exact) mass is 246 g/mol. The minimum atomic E-state index is -1.85. The lowest BCUT2D eigenvalue weighted by Crippen LogP contribution is -2.43. The first-order valence-electron chi connectivity index (χ1n) is 5.85. The van der Waals surface area contributed by atoms with E-state index < -0.39 is 29.8 Å². The first kappa shape index (κ1) is 12.2. The summed E-state index contributed by atoms with van der Waals surface area (Å²) in [5, 5.41) is 9.64. The van der Waals surface area contributed by atoms with E-state index in [0.717, 1.165) is 4.90 Å². The summed E-state index contributed by atoms with van der Waals surface area (Å²) in [5.74, 6) is -0.663. The third-order valence-corrected chi connectivity index (χ3v) is 2.26. The van der Waals surface area contributed by atoms with Gasteiger partial charge in [0.15, 0.2) is 0 Å². The minimum Gasteiger partial charge on any atom is -0.467 e. The van der Waals surface area contributed by atoms with Crippen molar-refractivity contribution in [1.29, 1.82) is 0 Å². The van der Waals surface area contributed by atoms with E-state index in [1.807, 2.05) is 0 Å². The van der Waals surface area contributed by atoms with Gasteiger partial charge < -0.3 is 14.6 Å². The molecule has 17 heavy (non-hydrogen) atoms. The third kappa shape index (κ3) is 3.59. The van der Waals surface area contributed by atoms with Gasteiger partial charge in [0.1, 0.15) is 11.6 Å². The lowest BCUT2D eigenvalue weighted by atomic mass is 10.2. The van der Waals surface area contributed by atoms with Crippen molar-refractivity contribution in [1.82, 2.24) is 4.90 Å². The maximum Gasteiger partial charge on any atom is 0.411 e. The van der Waals surface area contributed by atoms with Crippen LogP contribution in [0.15, 0.2) is 0 Å². The van der Waals surface area contributed by atoms with Crippen LogP contribution in [0.5, 0.6) is 0 Å². The molecule has 1 rings (SSSR count). The van der Waals surface area contributed by atoms with Crippen molar-refractivity contribution >= 4 is 12.1 Å². The highest BCUT2D eigenvalue weighted by Crippen LogP contribution is 2.22. The fourth-order valence-corrected chi connectivity index (χ4v) is 1.56. The van der Waals surface area contributed by atoms with Crippen LogP contribution >= 0.6 is 0 Å². The highest BCUT2D eigenvalue weighted by Gasteiger charge is 2.41. The van der Waals surface area contributed by atoms with Crippen molar-refractivity contribution < 1.29 is 25.5 Å². The molecule has 6 heteroatoms. The van der Waals surface area contributed by atoms with Gasteiger partial charge in [-0.2, -0.15) is 0 Å². The smallest absolute Gasteiger partial charge is 0.411 e. The molecule has 1 saturated heterocycles. The second-order valence-electron chi connectivity index (χ2n) is 4.92. The van der Waals surface area contributed by atoms with Crippen LogP contribution in [0.4, 0.5) is 4.79 Å². The van der Waals surface area contributed by atoms with Gasteiger partial charge in [0.2, 0.25) is 0 Å². The summed E-state index contributed by atoms with van der Waals surface area (Å²) in [6, 6.07) is -0.979. The van der Waals surface area contributed by atoms with E-state index in [4.69, 9.17) is 6.11 Å². The van der Waals surface area contributed by atoms with Gasteiger partial charge in [-0.1, -0.05) is 0 Å². The zero-order valence-electron chi connectivity index (χ0n) is 11.5. The molecule has 1 heterocycles. The Balaban J connectivity index is 2.84. The van der Waals surface area contributed by atoms with Gasteiger partial charge in [-0.25, -0.2) is 9.59 Å². The van der Waals surface area contributed by atoms with Gasteiger partial charge in [-0.15, -0.1) is 0 Å². The Morgan fingerprint density at radius 3 is 2.53 bits per heavy atom. The van der Waals surface area contributed by atoms with E-state index in [1.165, 1.54) is 7.11 Å². The molecule has 0 aromatic heterocycles. The van der Waals surface area contributed by atoms with Crippen molar-refractivity contribution in [3.63, 3.8) is 0 Å². The summed E-state index contributed by atoms with van der Waals surface area (Å²) in [7, 11) is 1.19. The van der Waals surface area contributed by atoms with E-state index in [1.54, 1.807) is 20.8 Å². The fourth-order valence-electron chi connectivity index (χ4n) is 1.56. The van der Waals surface area contributed by atoms with E-state index in [0.29, 0.717) is 0 Å². The van der Waals surface area contributed by atoms with Crippen molar-refractivity contribution in [2.24, 2.45) is 0 Å². The topological polar surface area (TPSA) is 76.1 Å². The molecule has 0 bridgehead atoms. The van der Waals surface area contributed by atoms with Gasteiger partial charge in [-0.3, -0.25) is 4.90 Å². The molecule has 6 nitrogen and oxygen atoms in total. The summed E-state index contributed by atoms with van der Waals surface area (Å²) >= 11 is 0. The van der Waals surface area contributed by atoms with E-state index in [2.05, 4.69) is 4.74 Å². The van der Waals surface area contributed by atoms with Crippen molar-refractivity contribution in [2.45, 2.75) is 44.9 Å². The van der Waals surface area contributed by atoms with Crippen LogP contribution in [-0.4, -0.2) is 53.4 Å². The number of rotatable bonds is 1. The van der Waals surface area contributed by atoms with Crippen LogP contribution in [-0.2, 0) is 14.3 Å². The number of hydrogen-bond donors (Lipinski definition) is 1. The molecule has 1 N–H and O–H groups in total. The number of nitrogens with zero attached hydrogens (tertiary/aromatic N) is 1. The van der Waals surface area contributed by atoms with Gasteiger partial charge >= 0.3 is 12.1 Å². The van der Waals surface area contributed by atoms with Crippen molar-refractivity contribution in [3.05, 3.63) is 0 Å². The molecule has 1 aliphatic rings. The average molecular weight is 246 g/mol. The van der Waals surface area contributed by atoms with Crippen LogP contribution in [0.3, 0.4) is 0 Å². The van der Waals surface area contributed by atoms with E-state index >= 15 is 0 Å². The van der Waals surface area contributed by atoms with Crippen LogP contribution < -0.4 is 0 Å². The number of aliphatic hydroxyl groups is 1. The Labute approximate surface area is 102 Å². The van der Waals surface area contributed by atoms with Crippen molar-refractivity contribution in [3.8, 4) is 0 Å². The standard InChI is InChI=1S/C11H19NO5/c1-11(2,3)17-10(15)12-6-7(13)5-8(12)9(14)16-4/h7-8,13H,5-6H2,1-4H3/t7?,8-/m0/s1/i7D. The summed E-state index contributed by atoms with van der Waals surface area (Å²) < 4.78 is 17.2. The maximum absolute atomic E-state index is 11.9. The molecule has 0 radical (unpaired) electrons. The molecule has 0 saturated carbocycles. The van der Waals surface area contributed by atoms with Gasteiger partial charge in [0, 0.05) is 6.42 Å². The number of likely N-dealkylation sites (tertiary alicyclic amines) is 1. The number of carbonyl (C=O) groups is 2. The molecule has 98 valence electrons. The molecular weight excluding hydrogens is 226 g/mol. The van der Waals surface area contributed by atoms with Gasteiger partial charge in [0.05, 0.1) is 21.1 Å². The second-order valence-corrected chi connectivity index (χ2v) is 4.92. The molecule has 0 aromatic carbocycles. The molecule has 0 aliphatic carbocycles. The molecule has 2 atom stereocenters. The van der Waals surface area contributed by atoms with Crippen LogP contribution in [0, 0.1) is 0 Å². The summed E-state index contributed by atoms with van der Waals surface area (Å²) in [5.41, 5.74) is -0.708. The van der Waals surface area contributed by atoms with Crippen LogP contribution in [0.2, 0.25) is 0 Å². The predicted molar refractivity (Wildman–Crippen MR) is 59.4 cm³/mol. The highest BCUT2D eigenvalue weighted by atomic mass is 16.6. The lowest BCUT2D eigenvalue weighted by Gasteiger charge is -2.27. The lowest BCUT2D eigenvalue weighted by molar-refractivity contribution is -0.145. The van der Waals surface area contributed by atoms with Gasteiger partial charge in [0.25, 0.3) is 0 Å². The Kier molecular flexibility index (Phi) is 3.51. The Bertz CT molecular complexity index is 350. The number of esters is 1. The summed E-state index contributed by atoms with van der Waals surface area (Å²) in [4.78, 5) is 24.4. The van der Waals surface area contributed by atoms with Crippen LogP contribution in [0.1, 0.15) is 28.6 Å². The summed E-state index contributed by atoms with van der Waals surface area (Å²) in [6.45, 7) is 4.81.